The van der Waals surface area contributed by atoms with E-state index in [4.69, 9.17) is 9.84 Å². The van der Waals surface area contributed by atoms with Crippen LogP contribution in [0.15, 0.2) is 24.3 Å². The molecule has 24 heavy (non-hydrogen) atoms. The molecule has 0 atom stereocenters. The van der Waals surface area contributed by atoms with E-state index in [1.165, 1.54) is 12.8 Å². The minimum atomic E-state index is -0.160. The molecule has 2 saturated carbocycles. The topological polar surface area (TPSA) is 70.6 Å². The number of rotatable bonds is 5. The Kier molecular flexibility index (Phi) is 5.96. The number of urea groups is 1. The molecule has 0 aliphatic heterocycles. The average molecular weight is 332 g/mol. The van der Waals surface area contributed by atoms with Gasteiger partial charge in [-0.15, -0.1) is 0 Å². The van der Waals surface area contributed by atoms with E-state index in [0.717, 1.165) is 50.0 Å². The van der Waals surface area contributed by atoms with Gasteiger partial charge in [-0.25, -0.2) is 4.79 Å². The number of aliphatic hydroxyl groups excluding tert-OH is 1. The molecule has 2 aliphatic carbocycles. The van der Waals surface area contributed by atoms with Crippen LogP contribution in [0.25, 0.3) is 0 Å². The fraction of sp³-hybridized carbons (Fsp3) is 0.632. The Morgan fingerprint density at radius 1 is 1.04 bits per heavy atom. The number of carbonyl (C=O) groups is 1. The van der Waals surface area contributed by atoms with Crippen LogP contribution in [-0.2, 0) is 0 Å². The maximum atomic E-state index is 12.1. The number of ether oxygens (including phenoxy) is 1. The van der Waals surface area contributed by atoms with E-state index in [-0.39, 0.29) is 18.7 Å². The standard InChI is InChI=1S/C19H28N2O3/c22-13-14-5-7-15(8-6-14)20-19(23)21-16-9-11-18(12-10-16)24-17-3-1-2-4-17/h9-12,14-15,17,22H,1-8,13H2,(H2,20,21,23). The van der Waals surface area contributed by atoms with Crippen LogP contribution in [0.3, 0.4) is 0 Å². The molecule has 1 aromatic rings. The Bertz CT molecular complexity index is 518. The van der Waals surface area contributed by atoms with Gasteiger partial charge in [0.1, 0.15) is 5.75 Å². The summed E-state index contributed by atoms with van der Waals surface area (Å²) < 4.78 is 5.93. The summed E-state index contributed by atoms with van der Waals surface area (Å²) in [4.78, 5) is 12.1. The quantitative estimate of drug-likeness (QED) is 0.770. The number of aliphatic hydroxyl groups is 1. The maximum Gasteiger partial charge on any atom is 0.319 e. The van der Waals surface area contributed by atoms with Crippen LogP contribution in [-0.4, -0.2) is 29.9 Å². The molecule has 5 nitrogen and oxygen atoms in total. The molecular weight excluding hydrogens is 304 g/mol. The summed E-state index contributed by atoms with van der Waals surface area (Å²) in [6.45, 7) is 0.258. The number of hydrogen-bond acceptors (Lipinski definition) is 3. The smallest absolute Gasteiger partial charge is 0.319 e. The first-order valence-corrected chi connectivity index (χ1v) is 9.18. The number of hydrogen-bond donors (Lipinski definition) is 3. The highest BCUT2D eigenvalue weighted by Gasteiger charge is 2.22. The molecule has 0 spiro atoms. The average Bonchev–Trinajstić information content (AvgIpc) is 3.10. The summed E-state index contributed by atoms with van der Waals surface area (Å²) in [6, 6.07) is 7.64. The van der Waals surface area contributed by atoms with Crippen molar-refractivity contribution in [2.24, 2.45) is 5.92 Å². The van der Waals surface area contributed by atoms with Crippen LogP contribution in [0, 0.1) is 5.92 Å². The molecule has 0 radical (unpaired) electrons. The van der Waals surface area contributed by atoms with Crippen molar-refractivity contribution in [2.45, 2.75) is 63.5 Å². The van der Waals surface area contributed by atoms with E-state index in [0.29, 0.717) is 12.0 Å². The number of benzene rings is 1. The lowest BCUT2D eigenvalue weighted by atomic mass is 9.87. The molecule has 1 aromatic carbocycles. The molecule has 0 bridgehead atoms. The predicted molar refractivity (Wildman–Crippen MR) is 94.3 cm³/mol. The van der Waals surface area contributed by atoms with Gasteiger partial charge in [-0.1, -0.05) is 0 Å². The molecule has 0 aromatic heterocycles. The van der Waals surface area contributed by atoms with E-state index in [1.54, 1.807) is 0 Å². The fourth-order valence-corrected chi connectivity index (χ4v) is 3.66. The molecule has 3 N–H and O–H groups in total. The van der Waals surface area contributed by atoms with Crippen LogP contribution in [0.4, 0.5) is 10.5 Å². The van der Waals surface area contributed by atoms with Crippen LogP contribution >= 0.6 is 0 Å². The van der Waals surface area contributed by atoms with Crippen molar-refractivity contribution in [2.75, 3.05) is 11.9 Å². The van der Waals surface area contributed by atoms with Gasteiger partial charge in [-0.2, -0.15) is 0 Å². The zero-order valence-corrected chi connectivity index (χ0v) is 14.2. The van der Waals surface area contributed by atoms with E-state index in [1.807, 2.05) is 24.3 Å². The minimum absolute atomic E-state index is 0.160. The summed E-state index contributed by atoms with van der Waals surface area (Å²) in [5.41, 5.74) is 0.773. The predicted octanol–water partition coefficient (Wildman–Crippen LogP) is 3.68. The normalized spacial score (nSPS) is 24.5. The van der Waals surface area contributed by atoms with Gasteiger partial charge in [0.05, 0.1) is 6.10 Å². The highest BCUT2D eigenvalue weighted by atomic mass is 16.5. The van der Waals surface area contributed by atoms with Gasteiger partial charge in [-0.05, 0) is 81.5 Å². The summed E-state index contributed by atoms with van der Waals surface area (Å²) in [5.74, 6) is 1.27. The Morgan fingerprint density at radius 2 is 1.71 bits per heavy atom. The van der Waals surface area contributed by atoms with Crippen molar-refractivity contribution in [1.29, 1.82) is 0 Å². The third-order valence-electron chi connectivity index (χ3n) is 5.16. The van der Waals surface area contributed by atoms with Crippen molar-refractivity contribution >= 4 is 11.7 Å². The third kappa shape index (κ3) is 4.87. The highest BCUT2D eigenvalue weighted by Crippen LogP contribution is 2.25. The molecule has 0 unspecified atom stereocenters. The van der Waals surface area contributed by atoms with Crippen molar-refractivity contribution in [3.63, 3.8) is 0 Å². The molecular formula is C19H28N2O3. The van der Waals surface area contributed by atoms with Gasteiger partial charge < -0.3 is 20.5 Å². The van der Waals surface area contributed by atoms with E-state index in [9.17, 15) is 4.79 Å². The Balaban J connectivity index is 1.42. The van der Waals surface area contributed by atoms with Gasteiger partial charge in [-0.3, -0.25) is 0 Å². The summed E-state index contributed by atoms with van der Waals surface area (Å²) in [5, 5.41) is 15.1. The van der Waals surface area contributed by atoms with Crippen LogP contribution in [0.5, 0.6) is 5.75 Å². The zero-order valence-electron chi connectivity index (χ0n) is 14.2. The van der Waals surface area contributed by atoms with Crippen molar-refractivity contribution in [3.05, 3.63) is 24.3 Å². The second-order valence-electron chi connectivity index (χ2n) is 7.05. The molecule has 0 saturated heterocycles. The van der Waals surface area contributed by atoms with Crippen molar-refractivity contribution in [1.82, 2.24) is 5.32 Å². The van der Waals surface area contributed by atoms with Crippen LogP contribution in [0.2, 0.25) is 0 Å². The van der Waals surface area contributed by atoms with E-state index < -0.39 is 0 Å². The third-order valence-corrected chi connectivity index (χ3v) is 5.16. The number of nitrogens with one attached hydrogen (secondary N) is 2. The second kappa shape index (κ2) is 8.38. The molecule has 5 heteroatoms. The lowest BCUT2D eigenvalue weighted by molar-refractivity contribution is 0.176. The Labute approximate surface area is 143 Å². The molecule has 2 aliphatic rings. The Hall–Kier alpha value is -1.75. The molecule has 132 valence electrons. The first-order chi connectivity index (χ1) is 11.7. The number of carbonyl (C=O) groups excluding carboxylic acids is 1. The van der Waals surface area contributed by atoms with E-state index >= 15 is 0 Å². The zero-order chi connectivity index (χ0) is 16.8. The highest BCUT2D eigenvalue weighted by molar-refractivity contribution is 5.89. The number of anilines is 1. The minimum Gasteiger partial charge on any atom is -0.490 e. The van der Waals surface area contributed by atoms with Gasteiger partial charge in [0, 0.05) is 18.3 Å². The largest absolute Gasteiger partial charge is 0.490 e. The summed E-state index contributed by atoms with van der Waals surface area (Å²) in [7, 11) is 0. The fourth-order valence-electron chi connectivity index (χ4n) is 3.66. The first kappa shape index (κ1) is 17.1. The second-order valence-corrected chi connectivity index (χ2v) is 7.05. The van der Waals surface area contributed by atoms with Crippen LogP contribution < -0.4 is 15.4 Å². The van der Waals surface area contributed by atoms with Crippen molar-refractivity contribution < 1.29 is 14.6 Å². The molecule has 3 rings (SSSR count). The van der Waals surface area contributed by atoms with Gasteiger partial charge in [0.2, 0.25) is 0 Å². The van der Waals surface area contributed by atoms with E-state index in [2.05, 4.69) is 10.6 Å². The summed E-state index contributed by atoms with van der Waals surface area (Å²) >= 11 is 0. The van der Waals surface area contributed by atoms with Gasteiger partial charge >= 0.3 is 6.03 Å². The lowest BCUT2D eigenvalue weighted by Crippen LogP contribution is -2.40. The molecule has 2 fully saturated rings. The van der Waals surface area contributed by atoms with Gasteiger partial charge in [0.25, 0.3) is 0 Å². The van der Waals surface area contributed by atoms with Gasteiger partial charge in [0.15, 0.2) is 0 Å². The summed E-state index contributed by atoms with van der Waals surface area (Å²) in [6.07, 6.45) is 8.97. The number of amides is 2. The molecule has 2 amide bonds. The first-order valence-electron chi connectivity index (χ1n) is 9.18. The Morgan fingerprint density at radius 3 is 2.33 bits per heavy atom. The lowest BCUT2D eigenvalue weighted by Gasteiger charge is -2.27. The SMILES string of the molecule is O=C(Nc1ccc(OC2CCCC2)cc1)NC1CCC(CO)CC1. The van der Waals surface area contributed by atoms with Crippen LogP contribution in [0.1, 0.15) is 51.4 Å². The maximum absolute atomic E-state index is 12.1. The molecule has 0 heterocycles. The monoisotopic (exact) mass is 332 g/mol. The van der Waals surface area contributed by atoms with Crippen molar-refractivity contribution in [3.8, 4) is 5.75 Å².